The first-order valence-corrected chi connectivity index (χ1v) is 8.21. The summed E-state index contributed by atoms with van der Waals surface area (Å²) in [5, 5.41) is 7.47. The highest BCUT2D eigenvalue weighted by molar-refractivity contribution is 6.30. The van der Waals surface area contributed by atoms with Crippen LogP contribution in [0.15, 0.2) is 35.1 Å². The number of fused-ring (bicyclic) bond motifs is 1. The number of hydrogen-bond acceptors (Lipinski definition) is 4. The summed E-state index contributed by atoms with van der Waals surface area (Å²) < 4.78 is 2.45. The number of nitrogens with one attached hydrogen (secondary N) is 1. The van der Waals surface area contributed by atoms with Gasteiger partial charge in [-0.25, -0.2) is 18.9 Å². The molecular formula is C18H16ClN5O2. The molecule has 1 N–H and O–H groups in total. The molecule has 1 atom stereocenters. The van der Waals surface area contributed by atoms with Gasteiger partial charge in [0.2, 0.25) is 5.91 Å². The second-order valence-electron chi connectivity index (χ2n) is 5.80. The molecule has 26 heavy (non-hydrogen) atoms. The summed E-state index contributed by atoms with van der Waals surface area (Å²) in [6, 6.07) is 7.92. The molecule has 2 heterocycles. The van der Waals surface area contributed by atoms with Crippen molar-refractivity contribution in [3.63, 3.8) is 0 Å². The minimum Gasteiger partial charge on any atom is -0.337 e. The van der Waals surface area contributed by atoms with Gasteiger partial charge in [-0.2, -0.15) is 0 Å². The molecule has 0 aliphatic rings. The lowest BCUT2D eigenvalue weighted by molar-refractivity contribution is -0.122. The van der Waals surface area contributed by atoms with E-state index >= 15 is 0 Å². The van der Waals surface area contributed by atoms with Gasteiger partial charge in [-0.15, -0.1) is 11.5 Å². The van der Waals surface area contributed by atoms with E-state index in [-0.39, 0.29) is 6.54 Å². The lowest BCUT2D eigenvalue weighted by Crippen LogP contribution is -2.34. The molecule has 8 heteroatoms. The molecule has 2 aromatic heterocycles. The average molecular weight is 370 g/mol. The molecule has 1 amide bonds. The Balaban J connectivity index is 1.82. The third-order valence-electron chi connectivity index (χ3n) is 3.83. The Labute approximate surface area is 154 Å². The molecular weight excluding hydrogens is 354 g/mol. The fourth-order valence-corrected chi connectivity index (χ4v) is 2.79. The molecule has 1 aromatic carbocycles. The number of hydrogen-bond donors (Lipinski definition) is 1. The Bertz CT molecular complexity index is 1080. The molecule has 0 bridgehead atoms. The highest BCUT2D eigenvalue weighted by atomic mass is 35.5. The first-order valence-electron chi connectivity index (χ1n) is 7.84. The number of nitrogens with zero attached hydrogens (tertiary/aromatic N) is 4. The standard InChI is InChI=1S/C18H16ClN5O2/c1-4-15(13-5-7-14(19)8-6-13)21-17(25)10-23-18(26)24-12(3)20-11(2)9-16(24)22-23/h1,5-9,15H,10H2,2-3H3,(H,21,25)/t15-/m0/s1. The minimum absolute atomic E-state index is 0.245. The molecule has 0 aliphatic carbocycles. The van der Waals surface area contributed by atoms with Crippen LogP contribution in [0.25, 0.3) is 5.65 Å². The first-order chi connectivity index (χ1) is 12.4. The van der Waals surface area contributed by atoms with Gasteiger partial charge in [0.05, 0.1) is 0 Å². The van der Waals surface area contributed by atoms with Gasteiger partial charge in [-0.1, -0.05) is 29.7 Å². The fraction of sp³-hybridized carbons (Fsp3) is 0.222. The van der Waals surface area contributed by atoms with E-state index in [9.17, 15) is 9.59 Å². The summed E-state index contributed by atoms with van der Waals surface area (Å²) in [4.78, 5) is 29.0. The number of rotatable bonds is 4. The van der Waals surface area contributed by atoms with Gasteiger partial charge in [0.15, 0.2) is 5.65 Å². The quantitative estimate of drug-likeness (QED) is 0.709. The summed E-state index contributed by atoms with van der Waals surface area (Å²) in [7, 11) is 0. The highest BCUT2D eigenvalue weighted by Gasteiger charge is 2.16. The molecule has 0 fully saturated rings. The minimum atomic E-state index is -0.627. The molecule has 0 aliphatic heterocycles. The zero-order chi connectivity index (χ0) is 18.8. The Morgan fingerprint density at radius 1 is 1.35 bits per heavy atom. The van der Waals surface area contributed by atoms with Crippen molar-refractivity contribution in [2.24, 2.45) is 0 Å². The molecule has 3 rings (SSSR count). The van der Waals surface area contributed by atoms with E-state index < -0.39 is 17.6 Å². The van der Waals surface area contributed by atoms with Gasteiger partial charge in [-0.05, 0) is 31.5 Å². The summed E-state index contributed by atoms with van der Waals surface area (Å²) in [5.41, 5.74) is 1.48. The molecule has 0 saturated heterocycles. The number of aryl methyl sites for hydroxylation is 2. The molecule has 0 saturated carbocycles. The molecule has 3 aromatic rings. The van der Waals surface area contributed by atoms with Crippen LogP contribution in [0.2, 0.25) is 5.02 Å². The van der Waals surface area contributed by atoms with Crippen molar-refractivity contribution in [1.29, 1.82) is 0 Å². The van der Waals surface area contributed by atoms with Crippen LogP contribution in [-0.2, 0) is 11.3 Å². The van der Waals surface area contributed by atoms with E-state index in [1.165, 1.54) is 4.40 Å². The maximum Gasteiger partial charge on any atom is 0.352 e. The summed E-state index contributed by atoms with van der Waals surface area (Å²) >= 11 is 5.86. The van der Waals surface area contributed by atoms with Crippen molar-refractivity contribution in [3.8, 4) is 12.3 Å². The van der Waals surface area contributed by atoms with Crippen molar-refractivity contribution in [3.05, 3.63) is 62.9 Å². The number of amides is 1. The van der Waals surface area contributed by atoms with E-state index in [0.717, 1.165) is 15.9 Å². The van der Waals surface area contributed by atoms with Gasteiger partial charge in [-0.3, -0.25) is 4.79 Å². The zero-order valence-electron chi connectivity index (χ0n) is 14.2. The van der Waals surface area contributed by atoms with Crippen molar-refractivity contribution in [2.45, 2.75) is 26.4 Å². The normalized spacial score (nSPS) is 11.9. The SMILES string of the molecule is C#C[C@H](NC(=O)Cn1nc2cc(C)nc(C)n2c1=O)c1ccc(Cl)cc1. The van der Waals surface area contributed by atoms with Crippen LogP contribution in [0.3, 0.4) is 0 Å². The van der Waals surface area contributed by atoms with Crippen LogP contribution in [0.5, 0.6) is 0 Å². The van der Waals surface area contributed by atoms with E-state index in [1.54, 1.807) is 37.3 Å². The number of aromatic nitrogens is 4. The Morgan fingerprint density at radius 3 is 2.69 bits per heavy atom. The van der Waals surface area contributed by atoms with E-state index in [2.05, 4.69) is 21.3 Å². The Morgan fingerprint density at radius 2 is 2.04 bits per heavy atom. The van der Waals surface area contributed by atoms with Crippen LogP contribution in [-0.4, -0.2) is 25.1 Å². The average Bonchev–Trinajstić information content (AvgIpc) is 2.89. The largest absolute Gasteiger partial charge is 0.352 e. The molecule has 0 unspecified atom stereocenters. The number of carbonyl (C=O) groups is 1. The highest BCUT2D eigenvalue weighted by Crippen LogP contribution is 2.16. The van der Waals surface area contributed by atoms with Gasteiger partial charge >= 0.3 is 5.69 Å². The van der Waals surface area contributed by atoms with E-state index in [4.69, 9.17) is 18.0 Å². The lowest BCUT2D eigenvalue weighted by Gasteiger charge is -2.13. The second kappa shape index (κ2) is 7.02. The Kier molecular flexibility index (Phi) is 4.78. The molecule has 0 radical (unpaired) electrons. The predicted molar refractivity (Wildman–Crippen MR) is 97.9 cm³/mol. The van der Waals surface area contributed by atoms with Crippen molar-refractivity contribution < 1.29 is 4.79 Å². The maximum absolute atomic E-state index is 12.4. The van der Waals surface area contributed by atoms with Crippen molar-refractivity contribution in [2.75, 3.05) is 0 Å². The summed E-state index contributed by atoms with van der Waals surface area (Å²) in [6.07, 6.45) is 5.52. The van der Waals surface area contributed by atoms with Crippen molar-refractivity contribution >= 4 is 23.2 Å². The second-order valence-corrected chi connectivity index (χ2v) is 6.23. The van der Waals surface area contributed by atoms with Crippen LogP contribution in [0, 0.1) is 26.2 Å². The van der Waals surface area contributed by atoms with Gasteiger partial charge in [0.1, 0.15) is 18.4 Å². The van der Waals surface area contributed by atoms with Gasteiger partial charge in [0, 0.05) is 16.8 Å². The summed E-state index contributed by atoms with van der Waals surface area (Å²) in [6.45, 7) is 3.28. The third-order valence-corrected chi connectivity index (χ3v) is 4.08. The number of terminal acetylenes is 1. The smallest absolute Gasteiger partial charge is 0.337 e. The zero-order valence-corrected chi connectivity index (χ0v) is 15.0. The maximum atomic E-state index is 12.4. The van der Waals surface area contributed by atoms with Gasteiger partial charge < -0.3 is 5.32 Å². The van der Waals surface area contributed by atoms with Crippen molar-refractivity contribution in [1.82, 2.24) is 24.5 Å². The first kappa shape index (κ1) is 17.7. The molecule has 7 nitrogen and oxygen atoms in total. The molecule has 0 spiro atoms. The third kappa shape index (κ3) is 3.46. The monoisotopic (exact) mass is 369 g/mol. The van der Waals surface area contributed by atoms with Crippen LogP contribution in [0.4, 0.5) is 0 Å². The Hall–Kier alpha value is -3.11. The summed E-state index contributed by atoms with van der Waals surface area (Å²) in [5.74, 6) is 2.61. The fourth-order valence-electron chi connectivity index (χ4n) is 2.67. The topological polar surface area (TPSA) is 81.3 Å². The number of halogens is 1. The van der Waals surface area contributed by atoms with Crippen LogP contribution >= 0.6 is 11.6 Å². The molecule has 132 valence electrons. The number of carbonyl (C=O) groups excluding carboxylic acids is 1. The van der Waals surface area contributed by atoms with E-state index in [0.29, 0.717) is 16.5 Å². The number of benzene rings is 1. The van der Waals surface area contributed by atoms with E-state index in [1.807, 2.05) is 6.92 Å². The lowest BCUT2D eigenvalue weighted by atomic mass is 10.1. The van der Waals surface area contributed by atoms with Crippen LogP contribution in [0.1, 0.15) is 23.1 Å². The predicted octanol–water partition coefficient (Wildman–Crippen LogP) is 1.65. The van der Waals surface area contributed by atoms with Gasteiger partial charge in [0.25, 0.3) is 0 Å². The van der Waals surface area contributed by atoms with Crippen LogP contribution < -0.4 is 11.0 Å².